The highest BCUT2D eigenvalue weighted by Crippen LogP contribution is 2.44. The normalized spacial score (nSPS) is 17.5. The van der Waals surface area contributed by atoms with Crippen LogP contribution in [0.4, 0.5) is 0 Å². The molecular weight excluding hydrogens is 466 g/mol. The van der Waals surface area contributed by atoms with Crippen molar-refractivity contribution in [3.63, 3.8) is 0 Å². The Bertz CT molecular complexity index is 1380. The van der Waals surface area contributed by atoms with Crippen molar-refractivity contribution in [1.29, 1.82) is 5.26 Å². The first-order valence-electron chi connectivity index (χ1n) is 12.7. The summed E-state index contributed by atoms with van der Waals surface area (Å²) in [5, 5.41) is 19.9. The first-order valence-corrected chi connectivity index (χ1v) is 12.7. The van der Waals surface area contributed by atoms with Crippen molar-refractivity contribution >= 4 is 5.97 Å². The Labute approximate surface area is 217 Å². The largest absolute Gasteiger partial charge is 0.508 e. The fraction of sp³-hybridized carbons (Fsp3) is 0.355. The van der Waals surface area contributed by atoms with Gasteiger partial charge < -0.3 is 19.3 Å². The number of carbonyl (C=O) groups is 1. The lowest BCUT2D eigenvalue weighted by Gasteiger charge is -2.18. The standard InChI is InChI=1S/C31H31NO5/c1-18-12-23(33)13-19(2)30(18)31-21(16-32)5-7-25-20(4-8-27(25)31)10-11-36-24-6-9-26-22(14-29(34)35-3)17-37-28(26)15-24/h5-7,9,12-13,15,20,22,33H,4,8,10-11,14,17H2,1-3H3. The van der Waals surface area contributed by atoms with Crippen LogP contribution < -0.4 is 9.47 Å². The van der Waals surface area contributed by atoms with Gasteiger partial charge in [0.15, 0.2) is 0 Å². The number of esters is 1. The van der Waals surface area contributed by atoms with E-state index in [9.17, 15) is 15.2 Å². The molecule has 2 unspecified atom stereocenters. The zero-order chi connectivity index (χ0) is 26.1. The number of methoxy groups -OCH3 is 1. The average molecular weight is 498 g/mol. The quantitative estimate of drug-likeness (QED) is 0.398. The molecule has 0 amide bonds. The number of hydrogen-bond donors (Lipinski definition) is 1. The summed E-state index contributed by atoms with van der Waals surface area (Å²) in [5.74, 6) is 1.90. The van der Waals surface area contributed by atoms with Gasteiger partial charge in [-0.3, -0.25) is 4.79 Å². The number of nitrogens with zero attached hydrogens (tertiary/aromatic N) is 1. The number of aryl methyl sites for hydroxylation is 2. The second kappa shape index (κ2) is 10.2. The molecule has 2 aliphatic rings. The van der Waals surface area contributed by atoms with Crippen LogP contribution in [0.3, 0.4) is 0 Å². The van der Waals surface area contributed by atoms with Crippen LogP contribution >= 0.6 is 0 Å². The van der Waals surface area contributed by atoms with E-state index in [2.05, 4.69) is 12.1 Å². The Hall–Kier alpha value is -3.98. The Morgan fingerprint density at radius 3 is 2.57 bits per heavy atom. The average Bonchev–Trinajstić information content (AvgIpc) is 3.47. The van der Waals surface area contributed by atoms with Crippen molar-refractivity contribution < 1.29 is 24.1 Å². The molecule has 6 nitrogen and oxygen atoms in total. The molecule has 3 aromatic carbocycles. The molecule has 5 rings (SSSR count). The molecule has 0 aromatic heterocycles. The molecule has 1 N–H and O–H groups in total. The number of rotatable bonds is 7. The first kappa shape index (κ1) is 24.7. The van der Waals surface area contributed by atoms with E-state index in [0.29, 0.717) is 31.1 Å². The third kappa shape index (κ3) is 4.74. The van der Waals surface area contributed by atoms with Gasteiger partial charge in [-0.05, 0) is 91.1 Å². The highest BCUT2D eigenvalue weighted by Gasteiger charge is 2.29. The molecule has 2 atom stereocenters. The zero-order valence-electron chi connectivity index (χ0n) is 21.5. The maximum absolute atomic E-state index is 11.7. The summed E-state index contributed by atoms with van der Waals surface area (Å²) in [5.41, 5.74) is 8.22. The van der Waals surface area contributed by atoms with Crippen molar-refractivity contribution in [2.24, 2.45) is 0 Å². The van der Waals surface area contributed by atoms with E-state index >= 15 is 0 Å². The molecule has 0 fully saturated rings. The minimum absolute atomic E-state index is 0.0137. The molecule has 1 aliphatic heterocycles. The van der Waals surface area contributed by atoms with E-state index < -0.39 is 0 Å². The van der Waals surface area contributed by atoms with Crippen LogP contribution in [0.2, 0.25) is 0 Å². The van der Waals surface area contributed by atoms with Crippen molar-refractivity contribution in [2.45, 2.75) is 51.4 Å². The molecule has 37 heavy (non-hydrogen) atoms. The van der Waals surface area contributed by atoms with Crippen molar-refractivity contribution in [3.8, 4) is 34.4 Å². The summed E-state index contributed by atoms with van der Waals surface area (Å²) in [6, 6.07) is 15.8. The summed E-state index contributed by atoms with van der Waals surface area (Å²) in [7, 11) is 1.40. The number of phenols is 1. The molecule has 0 radical (unpaired) electrons. The number of nitriles is 1. The summed E-state index contributed by atoms with van der Waals surface area (Å²) in [6.45, 7) is 5.02. The highest BCUT2D eigenvalue weighted by atomic mass is 16.5. The van der Waals surface area contributed by atoms with E-state index in [1.165, 1.54) is 18.2 Å². The van der Waals surface area contributed by atoms with Crippen LogP contribution in [0.1, 0.15) is 64.5 Å². The fourth-order valence-electron chi connectivity index (χ4n) is 5.92. The third-order valence-electron chi connectivity index (χ3n) is 7.66. The molecule has 0 bridgehead atoms. The maximum atomic E-state index is 11.7. The summed E-state index contributed by atoms with van der Waals surface area (Å²) < 4.78 is 16.7. The minimum atomic E-state index is -0.237. The van der Waals surface area contributed by atoms with E-state index in [1.54, 1.807) is 12.1 Å². The minimum Gasteiger partial charge on any atom is -0.508 e. The molecule has 0 saturated heterocycles. The number of aromatic hydroxyl groups is 1. The molecule has 1 aliphatic carbocycles. The van der Waals surface area contributed by atoms with Gasteiger partial charge in [-0.2, -0.15) is 5.26 Å². The van der Waals surface area contributed by atoms with Crippen LogP contribution in [0, 0.1) is 25.2 Å². The lowest BCUT2D eigenvalue weighted by molar-refractivity contribution is -0.141. The summed E-state index contributed by atoms with van der Waals surface area (Å²) in [6.07, 6.45) is 3.11. The SMILES string of the molecule is COC(=O)CC1COc2cc(OCCC3CCc4c3ccc(C#N)c4-c3c(C)cc(O)cc3C)ccc21. The highest BCUT2D eigenvalue weighted by molar-refractivity contribution is 5.81. The van der Waals surface area contributed by atoms with Crippen LogP contribution in [-0.4, -0.2) is 31.4 Å². The number of phenolic OH excluding ortho intramolecular Hbond substituents is 1. The second-order valence-corrected chi connectivity index (χ2v) is 9.98. The van der Waals surface area contributed by atoms with Gasteiger partial charge in [-0.25, -0.2) is 0 Å². The third-order valence-corrected chi connectivity index (χ3v) is 7.66. The van der Waals surface area contributed by atoms with Crippen molar-refractivity contribution in [1.82, 2.24) is 0 Å². The van der Waals surface area contributed by atoms with Gasteiger partial charge >= 0.3 is 5.97 Å². The maximum Gasteiger partial charge on any atom is 0.306 e. The van der Waals surface area contributed by atoms with E-state index in [-0.39, 0.29) is 17.6 Å². The Balaban J connectivity index is 1.30. The van der Waals surface area contributed by atoms with Crippen molar-refractivity contribution in [2.75, 3.05) is 20.3 Å². The topological polar surface area (TPSA) is 88.8 Å². The summed E-state index contributed by atoms with van der Waals surface area (Å²) in [4.78, 5) is 11.7. The van der Waals surface area contributed by atoms with Gasteiger partial charge in [0.05, 0.1) is 38.4 Å². The van der Waals surface area contributed by atoms with Crippen LogP contribution in [0.25, 0.3) is 11.1 Å². The van der Waals surface area contributed by atoms with E-state index in [0.717, 1.165) is 58.6 Å². The molecule has 0 spiro atoms. The lowest BCUT2D eigenvalue weighted by atomic mass is 9.86. The van der Waals surface area contributed by atoms with E-state index in [4.69, 9.17) is 14.2 Å². The Morgan fingerprint density at radius 2 is 1.84 bits per heavy atom. The van der Waals surface area contributed by atoms with Gasteiger partial charge in [-0.15, -0.1) is 0 Å². The number of carbonyl (C=O) groups excluding carboxylic acids is 1. The first-order chi connectivity index (χ1) is 17.9. The van der Waals surface area contributed by atoms with Gasteiger partial charge in [0.1, 0.15) is 17.2 Å². The molecule has 1 heterocycles. The molecule has 0 saturated carbocycles. The molecule has 190 valence electrons. The smallest absolute Gasteiger partial charge is 0.306 e. The fourth-order valence-corrected chi connectivity index (χ4v) is 5.92. The Morgan fingerprint density at radius 1 is 1.08 bits per heavy atom. The molecule has 3 aromatic rings. The van der Waals surface area contributed by atoms with Crippen LogP contribution in [-0.2, 0) is 16.0 Å². The monoisotopic (exact) mass is 497 g/mol. The second-order valence-electron chi connectivity index (χ2n) is 9.98. The van der Waals surface area contributed by atoms with Crippen LogP contribution in [0.15, 0.2) is 42.5 Å². The predicted octanol–water partition coefficient (Wildman–Crippen LogP) is 6.09. The van der Waals surface area contributed by atoms with Crippen LogP contribution in [0.5, 0.6) is 17.2 Å². The van der Waals surface area contributed by atoms with E-state index in [1.807, 2.05) is 38.1 Å². The number of fused-ring (bicyclic) bond motifs is 2. The number of hydrogen-bond acceptors (Lipinski definition) is 6. The number of benzene rings is 3. The van der Waals surface area contributed by atoms with Gasteiger partial charge in [0, 0.05) is 23.1 Å². The molecule has 6 heteroatoms. The Kier molecular flexibility index (Phi) is 6.80. The molecular formula is C31H31NO5. The lowest BCUT2D eigenvalue weighted by Crippen LogP contribution is -2.09. The zero-order valence-corrected chi connectivity index (χ0v) is 21.5. The van der Waals surface area contributed by atoms with Crippen molar-refractivity contribution in [3.05, 3.63) is 75.8 Å². The predicted molar refractivity (Wildman–Crippen MR) is 140 cm³/mol. The number of ether oxygens (including phenoxy) is 3. The van der Waals surface area contributed by atoms with Gasteiger partial charge in [0.25, 0.3) is 0 Å². The van der Waals surface area contributed by atoms with Gasteiger partial charge in [-0.1, -0.05) is 12.1 Å². The summed E-state index contributed by atoms with van der Waals surface area (Å²) >= 11 is 0. The van der Waals surface area contributed by atoms with Gasteiger partial charge in [0.2, 0.25) is 0 Å².